The van der Waals surface area contributed by atoms with E-state index in [0.717, 1.165) is 11.1 Å². The van der Waals surface area contributed by atoms with Gasteiger partial charge >= 0.3 is 6.03 Å². The molecule has 1 saturated heterocycles. The molecule has 1 aromatic carbocycles. The number of halogens is 1. The summed E-state index contributed by atoms with van der Waals surface area (Å²) in [6.07, 6.45) is 2.86. The Bertz CT molecular complexity index is 1000. The first-order valence-corrected chi connectivity index (χ1v) is 11.2. The number of carbonyl (C=O) groups excluding carboxylic acids is 2. The molecule has 2 N–H and O–H groups in total. The van der Waals surface area contributed by atoms with Crippen molar-refractivity contribution in [3.05, 3.63) is 65.7 Å². The summed E-state index contributed by atoms with van der Waals surface area (Å²) >= 11 is 1.18. The van der Waals surface area contributed by atoms with Crippen molar-refractivity contribution in [2.75, 3.05) is 13.1 Å². The van der Waals surface area contributed by atoms with Gasteiger partial charge in [0.05, 0.1) is 12.6 Å². The van der Waals surface area contributed by atoms with Crippen molar-refractivity contribution in [1.82, 2.24) is 20.1 Å². The van der Waals surface area contributed by atoms with Crippen LogP contribution in [-0.2, 0) is 17.8 Å². The number of aliphatic hydroxyl groups is 1. The number of hydrogen-bond acceptors (Lipinski definition) is 6. The minimum Gasteiger partial charge on any atom is -0.371 e. The van der Waals surface area contributed by atoms with Gasteiger partial charge in [-0.1, -0.05) is 30.0 Å². The number of nitrogens with one attached hydrogen (secondary N) is 1. The number of amidine groups is 1. The molecule has 10 heteroatoms. The molecule has 3 amide bonds. The molecular formula is C22H24FN5O3S. The molecule has 3 unspecified atom stereocenters. The number of thioether (sulfide) groups is 1. The summed E-state index contributed by atoms with van der Waals surface area (Å²) in [5, 5.41) is 13.2. The first kappa shape index (κ1) is 22.2. The number of benzene rings is 1. The summed E-state index contributed by atoms with van der Waals surface area (Å²) in [7, 11) is 0. The molecule has 2 aliphatic heterocycles. The predicted octanol–water partition coefficient (Wildman–Crippen LogP) is 2.00. The SMILES string of the molecule is CC1N=C(N2C(=O)N(CCc3ccc(F)cc3)CC2O)SC1C(=O)NCc1cccnc1. The second-order valence-electron chi connectivity index (χ2n) is 7.73. The van der Waals surface area contributed by atoms with E-state index in [1.807, 2.05) is 13.0 Å². The molecule has 0 radical (unpaired) electrons. The molecular weight excluding hydrogens is 433 g/mol. The van der Waals surface area contributed by atoms with Crippen LogP contribution in [0.4, 0.5) is 9.18 Å². The van der Waals surface area contributed by atoms with Crippen LogP contribution in [0.3, 0.4) is 0 Å². The number of urea groups is 1. The number of rotatable bonds is 6. The van der Waals surface area contributed by atoms with Gasteiger partial charge < -0.3 is 15.3 Å². The van der Waals surface area contributed by atoms with E-state index < -0.39 is 11.5 Å². The Morgan fingerprint density at radius 3 is 2.78 bits per heavy atom. The van der Waals surface area contributed by atoms with Crippen LogP contribution < -0.4 is 5.32 Å². The molecule has 3 atom stereocenters. The first-order chi connectivity index (χ1) is 15.4. The van der Waals surface area contributed by atoms with Crippen LogP contribution in [0.5, 0.6) is 0 Å². The lowest BCUT2D eigenvalue weighted by molar-refractivity contribution is -0.120. The number of aromatic nitrogens is 1. The highest BCUT2D eigenvalue weighted by Gasteiger charge is 2.44. The van der Waals surface area contributed by atoms with Crippen molar-refractivity contribution < 1.29 is 19.1 Å². The van der Waals surface area contributed by atoms with Gasteiger partial charge in [0.2, 0.25) is 5.91 Å². The zero-order valence-electron chi connectivity index (χ0n) is 17.5. The summed E-state index contributed by atoms with van der Waals surface area (Å²) in [6.45, 7) is 2.70. The maximum absolute atomic E-state index is 13.1. The number of amides is 3. The van der Waals surface area contributed by atoms with E-state index in [1.54, 1.807) is 30.6 Å². The van der Waals surface area contributed by atoms with Gasteiger partial charge in [0.15, 0.2) is 11.4 Å². The van der Waals surface area contributed by atoms with Gasteiger partial charge in [-0.2, -0.15) is 0 Å². The molecule has 2 aliphatic rings. The lowest BCUT2D eigenvalue weighted by Gasteiger charge is -2.19. The Morgan fingerprint density at radius 1 is 1.28 bits per heavy atom. The molecule has 8 nitrogen and oxygen atoms in total. The largest absolute Gasteiger partial charge is 0.371 e. The second-order valence-corrected chi connectivity index (χ2v) is 8.83. The zero-order valence-corrected chi connectivity index (χ0v) is 18.3. The third-order valence-corrected chi connectivity index (χ3v) is 6.76. The topological polar surface area (TPSA) is 98.1 Å². The van der Waals surface area contributed by atoms with E-state index in [0.29, 0.717) is 24.7 Å². The van der Waals surface area contributed by atoms with E-state index in [-0.39, 0.29) is 30.3 Å². The summed E-state index contributed by atoms with van der Waals surface area (Å²) in [5.74, 6) is -0.489. The highest BCUT2D eigenvalue weighted by atomic mass is 32.2. The molecule has 2 aromatic rings. The Hall–Kier alpha value is -2.98. The smallest absolute Gasteiger partial charge is 0.328 e. The molecule has 4 rings (SSSR count). The molecule has 0 spiro atoms. The molecule has 0 saturated carbocycles. The van der Waals surface area contributed by atoms with Gasteiger partial charge in [-0.05, 0) is 42.7 Å². The zero-order chi connectivity index (χ0) is 22.7. The minimum absolute atomic E-state index is 0.145. The average molecular weight is 458 g/mol. The van der Waals surface area contributed by atoms with E-state index in [4.69, 9.17) is 0 Å². The highest BCUT2D eigenvalue weighted by Crippen LogP contribution is 2.32. The van der Waals surface area contributed by atoms with Crippen LogP contribution in [0.25, 0.3) is 0 Å². The monoisotopic (exact) mass is 457 g/mol. The van der Waals surface area contributed by atoms with E-state index in [1.165, 1.54) is 33.7 Å². The Labute approximate surface area is 189 Å². The van der Waals surface area contributed by atoms with E-state index >= 15 is 0 Å². The number of pyridine rings is 1. The standard InChI is InChI=1S/C22H24FN5O3S/c1-14-19(20(30)25-12-16-3-2-9-24-11-16)32-21(26-14)28-18(29)13-27(22(28)31)10-8-15-4-6-17(23)7-5-15/h2-7,9,11,14,18-19,29H,8,10,12-13H2,1H3,(H,25,30). The molecule has 32 heavy (non-hydrogen) atoms. The van der Waals surface area contributed by atoms with Gasteiger partial charge in [-0.3, -0.25) is 14.8 Å². The lowest BCUT2D eigenvalue weighted by atomic mass is 10.1. The van der Waals surface area contributed by atoms with Crippen molar-refractivity contribution in [3.63, 3.8) is 0 Å². The van der Waals surface area contributed by atoms with Crippen LogP contribution in [-0.4, -0.2) is 67.6 Å². The van der Waals surface area contributed by atoms with Crippen molar-refractivity contribution in [3.8, 4) is 0 Å². The molecule has 168 valence electrons. The van der Waals surface area contributed by atoms with Crippen molar-refractivity contribution in [2.24, 2.45) is 4.99 Å². The quantitative estimate of drug-likeness (QED) is 0.692. The van der Waals surface area contributed by atoms with Crippen molar-refractivity contribution >= 4 is 28.9 Å². The summed E-state index contributed by atoms with van der Waals surface area (Å²) in [6, 6.07) is 9.11. The Kier molecular flexibility index (Phi) is 6.71. The normalized spacial score (nSPS) is 22.9. The first-order valence-electron chi connectivity index (χ1n) is 10.3. The fourth-order valence-corrected chi connectivity index (χ4v) is 4.83. The third kappa shape index (κ3) is 4.91. The fourth-order valence-electron chi connectivity index (χ4n) is 3.62. The van der Waals surface area contributed by atoms with Crippen LogP contribution in [0, 0.1) is 5.82 Å². The highest BCUT2D eigenvalue weighted by molar-refractivity contribution is 8.15. The summed E-state index contributed by atoms with van der Waals surface area (Å²) < 4.78 is 13.1. The van der Waals surface area contributed by atoms with Crippen molar-refractivity contribution in [1.29, 1.82) is 0 Å². The predicted molar refractivity (Wildman–Crippen MR) is 119 cm³/mol. The number of carbonyl (C=O) groups is 2. The lowest BCUT2D eigenvalue weighted by Crippen LogP contribution is -2.39. The van der Waals surface area contributed by atoms with Crippen LogP contribution in [0.1, 0.15) is 18.1 Å². The minimum atomic E-state index is -1.04. The maximum atomic E-state index is 13.1. The molecule has 3 heterocycles. The van der Waals surface area contributed by atoms with Gasteiger partial charge in [0, 0.05) is 25.5 Å². The molecule has 1 aromatic heterocycles. The van der Waals surface area contributed by atoms with Gasteiger partial charge in [-0.15, -0.1) is 0 Å². The van der Waals surface area contributed by atoms with Crippen LogP contribution in [0.2, 0.25) is 0 Å². The number of nitrogens with zero attached hydrogens (tertiary/aromatic N) is 4. The third-order valence-electron chi connectivity index (χ3n) is 5.38. The van der Waals surface area contributed by atoms with Gasteiger partial charge in [0.25, 0.3) is 0 Å². The Morgan fingerprint density at radius 2 is 2.06 bits per heavy atom. The maximum Gasteiger partial charge on any atom is 0.328 e. The van der Waals surface area contributed by atoms with Gasteiger partial charge in [-0.25, -0.2) is 14.1 Å². The number of hydrogen-bond donors (Lipinski definition) is 2. The number of aliphatic hydroxyl groups excluding tert-OH is 1. The second kappa shape index (κ2) is 9.66. The average Bonchev–Trinajstić information content (AvgIpc) is 3.30. The van der Waals surface area contributed by atoms with Crippen molar-refractivity contribution in [2.45, 2.75) is 37.4 Å². The number of β-amino-alcohol motifs (C(OH)–C–C–N with tert-alkyl or cyclic N) is 1. The van der Waals surface area contributed by atoms with Crippen LogP contribution in [0.15, 0.2) is 53.8 Å². The molecule has 1 fully saturated rings. The van der Waals surface area contributed by atoms with Crippen LogP contribution >= 0.6 is 11.8 Å². The number of aliphatic imine (C=N–C) groups is 1. The summed E-state index contributed by atoms with van der Waals surface area (Å²) in [4.78, 5) is 36.9. The summed E-state index contributed by atoms with van der Waals surface area (Å²) in [5.41, 5.74) is 1.79. The van der Waals surface area contributed by atoms with Gasteiger partial charge in [0.1, 0.15) is 11.1 Å². The molecule has 0 bridgehead atoms. The molecule has 0 aliphatic carbocycles. The van der Waals surface area contributed by atoms with E-state index in [2.05, 4.69) is 15.3 Å². The van der Waals surface area contributed by atoms with E-state index in [9.17, 15) is 19.1 Å². The fraction of sp³-hybridized carbons (Fsp3) is 0.364. The Balaban J connectivity index is 1.33.